The summed E-state index contributed by atoms with van der Waals surface area (Å²) in [5.74, 6) is -1.17. The van der Waals surface area contributed by atoms with Crippen molar-refractivity contribution in [2.75, 3.05) is 19.7 Å². The number of benzene rings is 2. The summed E-state index contributed by atoms with van der Waals surface area (Å²) in [5, 5.41) is 9.58. The second kappa shape index (κ2) is 7.13. The molecule has 1 saturated heterocycles. The predicted molar refractivity (Wildman–Crippen MR) is 92.3 cm³/mol. The van der Waals surface area contributed by atoms with Gasteiger partial charge in [0, 0.05) is 23.7 Å². The van der Waals surface area contributed by atoms with Crippen molar-refractivity contribution in [2.24, 2.45) is 0 Å². The van der Waals surface area contributed by atoms with Crippen LogP contribution in [0.25, 0.3) is 0 Å². The largest absolute Gasteiger partial charge is 0.478 e. The lowest BCUT2D eigenvalue weighted by Gasteiger charge is -2.32. The molecular weight excluding hydrogens is 366 g/mol. The molecule has 0 bridgehead atoms. The van der Waals surface area contributed by atoms with Crippen LogP contribution in [-0.4, -0.2) is 43.5 Å². The highest BCUT2D eigenvalue weighted by Crippen LogP contribution is 2.30. The molecule has 1 aliphatic rings. The highest BCUT2D eigenvalue weighted by atomic mass is 35.5. The number of nitrogens with zero attached hydrogens (tertiary/aromatic N) is 1. The number of carbonyl (C=O) groups is 1. The summed E-state index contributed by atoms with van der Waals surface area (Å²) in [6, 6.07) is 12.5. The molecule has 0 amide bonds. The molecule has 2 aromatic rings. The molecule has 2 aromatic carbocycles. The molecule has 8 heteroatoms. The third-order valence-corrected chi connectivity index (χ3v) is 6.21. The lowest BCUT2D eigenvalue weighted by atomic mass is 10.1. The molecule has 132 valence electrons. The summed E-state index contributed by atoms with van der Waals surface area (Å²) in [5.41, 5.74) is 0.653. The van der Waals surface area contributed by atoms with E-state index in [2.05, 4.69) is 0 Å². The van der Waals surface area contributed by atoms with Crippen molar-refractivity contribution in [3.63, 3.8) is 0 Å². The second-order valence-corrected chi connectivity index (χ2v) is 7.92. The van der Waals surface area contributed by atoms with Crippen molar-refractivity contribution in [2.45, 2.75) is 11.0 Å². The Balaban J connectivity index is 1.89. The monoisotopic (exact) mass is 381 g/mol. The molecule has 6 nitrogen and oxygen atoms in total. The zero-order valence-electron chi connectivity index (χ0n) is 13.1. The lowest BCUT2D eigenvalue weighted by Crippen LogP contribution is -2.42. The maximum Gasteiger partial charge on any atom is 0.335 e. The predicted octanol–water partition coefficient (Wildman–Crippen LogP) is 2.80. The summed E-state index contributed by atoms with van der Waals surface area (Å²) >= 11 is 6.18. The van der Waals surface area contributed by atoms with E-state index in [1.807, 2.05) is 6.07 Å². The Labute approximate surface area is 150 Å². The molecule has 1 N–H and O–H groups in total. The van der Waals surface area contributed by atoms with Gasteiger partial charge >= 0.3 is 5.97 Å². The summed E-state index contributed by atoms with van der Waals surface area (Å²) in [6.07, 6.45) is -0.472. The molecule has 0 saturated carbocycles. The topological polar surface area (TPSA) is 83.9 Å². The van der Waals surface area contributed by atoms with Crippen LogP contribution >= 0.6 is 11.6 Å². The van der Waals surface area contributed by atoms with E-state index in [0.29, 0.717) is 5.02 Å². The van der Waals surface area contributed by atoms with Crippen molar-refractivity contribution in [3.05, 3.63) is 64.7 Å². The van der Waals surface area contributed by atoms with E-state index in [1.165, 1.54) is 22.5 Å². The zero-order valence-corrected chi connectivity index (χ0v) is 14.7. The minimum atomic E-state index is -3.82. The van der Waals surface area contributed by atoms with E-state index in [1.54, 1.807) is 18.2 Å². The molecular formula is C17H16ClNO5S. The Bertz CT molecular complexity index is 899. The number of hydrogen-bond acceptors (Lipinski definition) is 4. The van der Waals surface area contributed by atoms with E-state index in [0.717, 1.165) is 11.6 Å². The van der Waals surface area contributed by atoms with E-state index < -0.39 is 22.1 Å². The third-order valence-electron chi connectivity index (χ3n) is 4.00. The number of carboxylic acids is 1. The number of carboxylic acid groups (broad SMARTS) is 1. The quantitative estimate of drug-likeness (QED) is 0.880. The fraction of sp³-hybridized carbons (Fsp3) is 0.235. The van der Waals surface area contributed by atoms with Gasteiger partial charge in [0.2, 0.25) is 10.0 Å². The lowest BCUT2D eigenvalue weighted by molar-refractivity contribution is -0.00250. The molecule has 0 aliphatic carbocycles. The second-order valence-electron chi connectivity index (χ2n) is 5.58. The minimum Gasteiger partial charge on any atom is -0.478 e. The number of aromatic carboxylic acids is 1. The summed E-state index contributed by atoms with van der Waals surface area (Å²) in [6.45, 7) is 0.539. The van der Waals surface area contributed by atoms with Crippen LogP contribution < -0.4 is 0 Å². The molecule has 25 heavy (non-hydrogen) atoms. The Kier molecular flexibility index (Phi) is 5.10. The van der Waals surface area contributed by atoms with Gasteiger partial charge in [-0.25, -0.2) is 13.2 Å². The van der Waals surface area contributed by atoms with Crippen LogP contribution in [0.4, 0.5) is 0 Å². The van der Waals surface area contributed by atoms with Gasteiger partial charge in [-0.2, -0.15) is 4.31 Å². The molecule has 1 atom stereocenters. The van der Waals surface area contributed by atoms with E-state index in [4.69, 9.17) is 21.4 Å². The first-order chi connectivity index (χ1) is 11.9. The number of sulfonamides is 1. The average molecular weight is 382 g/mol. The Morgan fingerprint density at radius 3 is 2.68 bits per heavy atom. The normalized spacial score (nSPS) is 18.8. The van der Waals surface area contributed by atoms with Gasteiger partial charge in [-0.15, -0.1) is 0 Å². The van der Waals surface area contributed by atoms with Gasteiger partial charge in [-0.1, -0.05) is 35.9 Å². The van der Waals surface area contributed by atoms with Crippen LogP contribution in [0, 0.1) is 0 Å². The molecule has 3 rings (SSSR count). The Hall–Kier alpha value is -1.93. The Morgan fingerprint density at radius 1 is 1.20 bits per heavy atom. The van der Waals surface area contributed by atoms with Crippen LogP contribution in [0.15, 0.2) is 53.4 Å². The number of halogens is 1. The fourth-order valence-electron chi connectivity index (χ4n) is 2.71. The smallest absolute Gasteiger partial charge is 0.335 e. The van der Waals surface area contributed by atoms with Crippen molar-refractivity contribution in [3.8, 4) is 0 Å². The molecule has 1 fully saturated rings. The SMILES string of the molecule is O=C(O)c1cccc(S(=O)(=O)N2CCOC(c3ccccc3Cl)C2)c1. The number of hydrogen-bond donors (Lipinski definition) is 1. The highest BCUT2D eigenvalue weighted by Gasteiger charge is 2.32. The zero-order chi connectivity index (χ0) is 18.0. The highest BCUT2D eigenvalue weighted by molar-refractivity contribution is 7.89. The molecule has 0 aromatic heterocycles. The maximum absolute atomic E-state index is 12.9. The van der Waals surface area contributed by atoms with Gasteiger partial charge < -0.3 is 9.84 Å². The standard InChI is InChI=1S/C17H16ClNO5S/c18-15-7-2-1-6-14(15)16-11-19(8-9-24-16)25(22,23)13-5-3-4-12(10-13)17(20)21/h1-7,10,16H,8-9,11H2,(H,20,21). The van der Waals surface area contributed by atoms with Crippen LogP contribution in [0.3, 0.4) is 0 Å². The van der Waals surface area contributed by atoms with E-state index in [9.17, 15) is 13.2 Å². The summed E-state index contributed by atoms with van der Waals surface area (Å²) < 4.78 is 32.7. The molecule has 1 aliphatic heterocycles. The third kappa shape index (κ3) is 3.69. The molecule has 1 unspecified atom stereocenters. The van der Waals surface area contributed by atoms with Crippen LogP contribution in [0.1, 0.15) is 22.0 Å². The van der Waals surface area contributed by atoms with Gasteiger partial charge in [0.25, 0.3) is 0 Å². The van der Waals surface area contributed by atoms with E-state index in [-0.39, 0.29) is 30.2 Å². The molecule has 0 radical (unpaired) electrons. The van der Waals surface area contributed by atoms with Crippen molar-refractivity contribution in [1.82, 2.24) is 4.31 Å². The van der Waals surface area contributed by atoms with Crippen molar-refractivity contribution in [1.29, 1.82) is 0 Å². The van der Waals surface area contributed by atoms with Gasteiger partial charge in [-0.05, 0) is 24.3 Å². The van der Waals surface area contributed by atoms with Crippen molar-refractivity contribution >= 4 is 27.6 Å². The Morgan fingerprint density at radius 2 is 1.96 bits per heavy atom. The average Bonchev–Trinajstić information content (AvgIpc) is 2.62. The number of rotatable bonds is 4. The number of ether oxygens (including phenoxy) is 1. The summed E-state index contributed by atoms with van der Waals surface area (Å²) in [4.78, 5) is 11.0. The van der Waals surface area contributed by atoms with Crippen LogP contribution in [-0.2, 0) is 14.8 Å². The van der Waals surface area contributed by atoms with Gasteiger partial charge in [0.15, 0.2) is 0 Å². The van der Waals surface area contributed by atoms with Crippen LogP contribution in [0.2, 0.25) is 5.02 Å². The molecule has 0 spiro atoms. The van der Waals surface area contributed by atoms with E-state index >= 15 is 0 Å². The van der Waals surface area contributed by atoms with Gasteiger partial charge in [0.1, 0.15) is 0 Å². The number of morpholine rings is 1. The van der Waals surface area contributed by atoms with Crippen molar-refractivity contribution < 1.29 is 23.1 Å². The maximum atomic E-state index is 12.9. The van der Waals surface area contributed by atoms with Gasteiger partial charge in [-0.3, -0.25) is 0 Å². The molecule has 1 heterocycles. The summed E-state index contributed by atoms with van der Waals surface area (Å²) in [7, 11) is -3.82. The van der Waals surface area contributed by atoms with Gasteiger partial charge in [0.05, 0.1) is 23.2 Å². The first-order valence-electron chi connectivity index (χ1n) is 7.59. The van der Waals surface area contributed by atoms with Crippen LogP contribution in [0.5, 0.6) is 0 Å². The minimum absolute atomic E-state index is 0.0489. The first-order valence-corrected chi connectivity index (χ1v) is 9.41. The fourth-order valence-corrected chi connectivity index (χ4v) is 4.44. The first kappa shape index (κ1) is 17.9.